The standard InChI is InChI=1S/C23H21Cl2N3O3S2/c1-32-21-9-5-17(6-10-21)14-26-27-23(29)16-28(15-18-3-2-4-20(25)13-18)33(30,31)22-11-7-19(24)8-12-22/h2-14H,15-16H2,1H3,(H,27,29)/b26-14-. The Balaban J connectivity index is 1.77. The molecule has 0 bridgehead atoms. The van der Waals surface area contributed by atoms with Gasteiger partial charge in [-0.15, -0.1) is 11.8 Å². The molecule has 0 saturated heterocycles. The Morgan fingerprint density at radius 2 is 1.73 bits per heavy atom. The summed E-state index contributed by atoms with van der Waals surface area (Å²) < 4.78 is 27.6. The SMILES string of the molecule is CSc1ccc(/C=N\NC(=O)CN(Cc2cccc(Cl)c2)S(=O)(=O)c2ccc(Cl)cc2)cc1. The molecule has 6 nitrogen and oxygen atoms in total. The van der Waals surface area contributed by atoms with Crippen LogP contribution >= 0.6 is 35.0 Å². The third kappa shape index (κ3) is 7.31. The Morgan fingerprint density at radius 3 is 2.36 bits per heavy atom. The molecule has 0 atom stereocenters. The zero-order chi connectivity index (χ0) is 23.8. The maximum Gasteiger partial charge on any atom is 0.255 e. The van der Waals surface area contributed by atoms with Crippen LogP contribution in [0.2, 0.25) is 10.0 Å². The average molecular weight is 522 g/mol. The van der Waals surface area contributed by atoms with E-state index in [0.717, 1.165) is 14.8 Å². The highest BCUT2D eigenvalue weighted by atomic mass is 35.5. The maximum absolute atomic E-state index is 13.3. The smallest absolute Gasteiger partial charge is 0.255 e. The monoisotopic (exact) mass is 521 g/mol. The highest BCUT2D eigenvalue weighted by Crippen LogP contribution is 2.21. The van der Waals surface area contributed by atoms with Gasteiger partial charge in [-0.05, 0) is 65.9 Å². The molecule has 0 spiro atoms. The number of sulfonamides is 1. The first kappa shape index (κ1) is 25.3. The van der Waals surface area contributed by atoms with Crippen LogP contribution in [0.5, 0.6) is 0 Å². The molecule has 0 unspecified atom stereocenters. The Labute approximate surface area is 207 Å². The second kappa shape index (κ2) is 11.7. The Morgan fingerprint density at radius 1 is 1.03 bits per heavy atom. The van der Waals surface area contributed by atoms with E-state index in [9.17, 15) is 13.2 Å². The summed E-state index contributed by atoms with van der Waals surface area (Å²) in [7, 11) is -3.99. The van der Waals surface area contributed by atoms with Gasteiger partial charge in [0.15, 0.2) is 0 Å². The zero-order valence-corrected chi connectivity index (χ0v) is 20.8. The minimum Gasteiger partial charge on any atom is -0.272 e. The second-order valence-corrected chi connectivity index (χ2v) is 10.6. The number of rotatable bonds is 9. The fourth-order valence-corrected chi connectivity index (χ4v) is 5.02. The van der Waals surface area contributed by atoms with Crippen LogP contribution in [-0.2, 0) is 21.4 Å². The first-order valence-corrected chi connectivity index (χ1v) is 13.2. The lowest BCUT2D eigenvalue weighted by molar-refractivity contribution is -0.121. The van der Waals surface area contributed by atoms with Crippen LogP contribution < -0.4 is 5.43 Å². The van der Waals surface area contributed by atoms with E-state index in [-0.39, 0.29) is 11.4 Å². The van der Waals surface area contributed by atoms with Crippen molar-refractivity contribution >= 4 is 57.1 Å². The molecule has 0 aromatic heterocycles. The van der Waals surface area contributed by atoms with E-state index in [4.69, 9.17) is 23.2 Å². The van der Waals surface area contributed by atoms with Crippen molar-refractivity contribution in [3.05, 3.63) is 94.0 Å². The van der Waals surface area contributed by atoms with Gasteiger partial charge in [-0.25, -0.2) is 13.8 Å². The number of hydrazone groups is 1. The first-order valence-electron chi connectivity index (χ1n) is 9.74. The third-order valence-corrected chi connectivity index (χ3v) is 7.57. The van der Waals surface area contributed by atoms with Gasteiger partial charge in [0.05, 0.1) is 17.7 Å². The van der Waals surface area contributed by atoms with Gasteiger partial charge < -0.3 is 0 Å². The van der Waals surface area contributed by atoms with Crippen LogP contribution in [0.3, 0.4) is 0 Å². The molecule has 0 saturated carbocycles. The average Bonchev–Trinajstić information content (AvgIpc) is 2.79. The van der Waals surface area contributed by atoms with Crippen molar-refractivity contribution in [2.75, 3.05) is 12.8 Å². The number of carbonyl (C=O) groups is 1. The van der Waals surface area contributed by atoms with Crippen molar-refractivity contribution in [2.45, 2.75) is 16.3 Å². The predicted octanol–water partition coefficient (Wildman–Crippen LogP) is 5.06. The molecule has 0 fully saturated rings. The third-order valence-electron chi connectivity index (χ3n) is 4.54. The minimum atomic E-state index is -3.99. The number of hydrogen-bond donors (Lipinski definition) is 1. The molecular formula is C23H21Cl2N3O3S2. The number of nitrogens with one attached hydrogen (secondary N) is 1. The normalized spacial score (nSPS) is 11.8. The van der Waals surface area contributed by atoms with Crippen LogP contribution in [0, 0.1) is 0 Å². The Kier molecular flexibility index (Phi) is 8.94. The molecular weight excluding hydrogens is 501 g/mol. The van der Waals surface area contributed by atoms with Gasteiger partial charge in [-0.1, -0.05) is 47.5 Å². The quantitative estimate of drug-likeness (QED) is 0.242. The van der Waals surface area contributed by atoms with Gasteiger partial charge in [0.25, 0.3) is 5.91 Å². The van der Waals surface area contributed by atoms with Gasteiger partial charge in [-0.3, -0.25) is 4.79 Å². The molecule has 0 aliphatic carbocycles. The lowest BCUT2D eigenvalue weighted by atomic mass is 10.2. The Bertz CT molecular complexity index is 1230. The van der Waals surface area contributed by atoms with Crippen molar-refractivity contribution in [1.29, 1.82) is 0 Å². The lowest BCUT2D eigenvalue weighted by Gasteiger charge is -2.21. The largest absolute Gasteiger partial charge is 0.272 e. The molecule has 0 radical (unpaired) electrons. The molecule has 33 heavy (non-hydrogen) atoms. The molecule has 0 aliphatic rings. The number of amides is 1. The van der Waals surface area contributed by atoms with Gasteiger partial charge in [0.1, 0.15) is 0 Å². The van der Waals surface area contributed by atoms with Crippen LogP contribution in [0.4, 0.5) is 0 Å². The number of hydrogen-bond acceptors (Lipinski definition) is 5. The predicted molar refractivity (Wildman–Crippen MR) is 134 cm³/mol. The molecule has 0 aliphatic heterocycles. The molecule has 3 aromatic rings. The summed E-state index contributed by atoms with van der Waals surface area (Å²) in [5, 5.41) is 4.83. The van der Waals surface area contributed by atoms with Crippen LogP contribution in [0.25, 0.3) is 0 Å². The molecule has 10 heteroatoms. The highest BCUT2D eigenvalue weighted by Gasteiger charge is 2.27. The summed E-state index contributed by atoms with van der Waals surface area (Å²) >= 11 is 13.6. The number of carbonyl (C=O) groups excluding carboxylic acids is 1. The van der Waals surface area contributed by atoms with Gasteiger partial charge in [0, 0.05) is 21.5 Å². The number of thioether (sulfide) groups is 1. The van der Waals surface area contributed by atoms with E-state index in [1.807, 2.05) is 30.5 Å². The van der Waals surface area contributed by atoms with E-state index in [1.54, 1.807) is 36.0 Å². The highest BCUT2D eigenvalue weighted by molar-refractivity contribution is 7.98. The van der Waals surface area contributed by atoms with Crippen LogP contribution in [0.1, 0.15) is 11.1 Å². The summed E-state index contributed by atoms with van der Waals surface area (Å²) in [6.07, 6.45) is 3.48. The van der Waals surface area contributed by atoms with E-state index >= 15 is 0 Å². The second-order valence-electron chi connectivity index (χ2n) is 6.92. The summed E-state index contributed by atoms with van der Waals surface area (Å²) in [6, 6.07) is 20.2. The zero-order valence-electron chi connectivity index (χ0n) is 17.6. The number of nitrogens with zero attached hydrogens (tertiary/aromatic N) is 2. The van der Waals surface area contributed by atoms with Crippen molar-refractivity contribution < 1.29 is 13.2 Å². The minimum absolute atomic E-state index is 0.0270. The van der Waals surface area contributed by atoms with E-state index in [0.29, 0.717) is 15.6 Å². The van der Waals surface area contributed by atoms with Gasteiger partial charge in [0.2, 0.25) is 10.0 Å². The Hall–Kier alpha value is -2.36. The summed E-state index contributed by atoms with van der Waals surface area (Å²) in [6.45, 7) is -0.473. The van der Waals surface area contributed by atoms with E-state index in [1.165, 1.54) is 30.5 Å². The fraction of sp³-hybridized carbons (Fsp3) is 0.130. The molecule has 3 aromatic carbocycles. The topological polar surface area (TPSA) is 78.8 Å². The van der Waals surface area contributed by atoms with Gasteiger partial charge in [-0.2, -0.15) is 9.41 Å². The van der Waals surface area contributed by atoms with E-state index < -0.39 is 22.5 Å². The van der Waals surface area contributed by atoms with Gasteiger partial charge >= 0.3 is 0 Å². The fourth-order valence-electron chi connectivity index (χ4n) is 2.88. The molecule has 0 heterocycles. The van der Waals surface area contributed by atoms with E-state index in [2.05, 4.69) is 10.5 Å². The molecule has 1 amide bonds. The van der Waals surface area contributed by atoms with Crippen LogP contribution in [0.15, 0.2) is 87.7 Å². The molecule has 1 N–H and O–H groups in total. The summed E-state index contributed by atoms with van der Waals surface area (Å²) in [5.41, 5.74) is 3.84. The molecule has 3 rings (SSSR count). The van der Waals surface area contributed by atoms with Crippen molar-refractivity contribution in [2.24, 2.45) is 5.10 Å². The molecule has 172 valence electrons. The van der Waals surface area contributed by atoms with Crippen molar-refractivity contribution in [3.63, 3.8) is 0 Å². The first-order chi connectivity index (χ1) is 15.8. The lowest BCUT2D eigenvalue weighted by Crippen LogP contribution is -2.39. The summed E-state index contributed by atoms with van der Waals surface area (Å²) in [4.78, 5) is 13.7. The number of halogens is 2. The van der Waals surface area contributed by atoms with Crippen molar-refractivity contribution in [3.8, 4) is 0 Å². The van der Waals surface area contributed by atoms with Crippen LogP contribution in [-0.4, -0.2) is 37.6 Å². The number of benzene rings is 3. The summed E-state index contributed by atoms with van der Waals surface area (Å²) in [5.74, 6) is -0.577. The van der Waals surface area contributed by atoms with Crippen molar-refractivity contribution in [1.82, 2.24) is 9.73 Å². The maximum atomic E-state index is 13.3.